The molecule has 0 amide bonds. The molecular weight excluding hydrogens is 314 g/mol. The largest absolute Gasteiger partial charge is 0.353 e. The van der Waals surface area contributed by atoms with Gasteiger partial charge in [-0.05, 0) is 30.9 Å². The number of H-pyrrole nitrogens is 1. The van der Waals surface area contributed by atoms with Gasteiger partial charge in [-0.1, -0.05) is 12.1 Å². The van der Waals surface area contributed by atoms with Crippen LogP contribution in [0.3, 0.4) is 0 Å². The molecule has 3 aromatic heterocycles. The van der Waals surface area contributed by atoms with E-state index in [1.807, 2.05) is 28.9 Å². The predicted molar refractivity (Wildman–Crippen MR) is 95.5 cm³/mol. The highest BCUT2D eigenvalue weighted by Crippen LogP contribution is 2.26. The van der Waals surface area contributed by atoms with Gasteiger partial charge in [-0.2, -0.15) is 0 Å². The number of benzene rings is 1. The molecule has 4 aromatic rings. The smallest absolute Gasteiger partial charge is 0.203 e. The van der Waals surface area contributed by atoms with Gasteiger partial charge in [-0.3, -0.25) is 4.40 Å². The molecule has 7 heteroatoms. The highest BCUT2D eigenvalue weighted by molar-refractivity contribution is 5.74. The number of nitrogens with zero attached hydrogens (tertiary/aromatic N) is 6. The Morgan fingerprint density at radius 1 is 1.16 bits per heavy atom. The van der Waals surface area contributed by atoms with Crippen LogP contribution in [0.25, 0.3) is 16.7 Å². The van der Waals surface area contributed by atoms with Crippen LogP contribution in [0.15, 0.2) is 43.0 Å². The Labute approximate surface area is 144 Å². The number of piperidine rings is 1. The summed E-state index contributed by atoms with van der Waals surface area (Å²) in [5, 5.41) is 8.18. The highest BCUT2D eigenvalue weighted by atomic mass is 15.3. The SMILES string of the molecule is c1ccc2[nH]c(CC3CCN(c4nccn5cnnc45)CC3)nc2c1. The second-order valence-corrected chi connectivity index (χ2v) is 6.65. The number of aromatic nitrogens is 6. The Kier molecular flexibility index (Phi) is 3.36. The van der Waals surface area contributed by atoms with Crippen molar-refractivity contribution in [3.63, 3.8) is 0 Å². The molecule has 0 saturated carbocycles. The number of para-hydroxylation sites is 2. The predicted octanol–water partition coefficient (Wildman–Crippen LogP) is 2.46. The number of rotatable bonds is 3. The van der Waals surface area contributed by atoms with Crippen LogP contribution in [-0.4, -0.2) is 42.6 Å². The van der Waals surface area contributed by atoms with Crippen molar-refractivity contribution in [3.8, 4) is 0 Å². The van der Waals surface area contributed by atoms with Crippen molar-refractivity contribution in [1.29, 1.82) is 0 Å². The zero-order valence-electron chi connectivity index (χ0n) is 13.8. The number of fused-ring (bicyclic) bond motifs is 2. The first kappa shape index (κ1) is 14.4. The van der Waals surface area contributed by atoms with Crippen molar-refractivity contribution in [2.45, 2.75) is 19.3 Å². The first-order chi connectivity index (χ1) is 12.4. The fourth-order valence-corrected chi connectivity index (χ4v) is 3.69. The van der Waals surface area contributed by atoms with Crippen LogP contribution in [0.5, 0.6) is 0 Å². The summed E-state index contributed by atoms with van der Waals surface area (Å²) < 4.78 is 1.92. The number of aromatic amines is 1. The minimum atomic E-state index is 0.648. The molecule has 0 aliphatic carbocycles. The van der Waals surface area contributed by atoms with Crippen molar-refractivity contribution in [2.75, 3.05) is 18.0 Å². The summed E-state index contributed by atoms with van der Waals surface area (Å²) in [4.78, 5) is 15.0. The average Bonchev–Trinajstić information content (AvgIpc) is 3.28. The lowest BCUT2D eigenvalue weighted by molar-refractivity contribution is 0.397. The van der Waals surface area contributed by atoms with Crippen LogP contribution < -0.4 is 4.90 Å². The van der Waals surface area contributed by atoms with Gasteiger partial charge in [0.1, 0.15) is 12.2 Å². The number of anilines is 1. The average molecular weight is 333 g/mol. The normalized spacial score (nSPS) is 16.1. The molecule has 1 saturated heterocycles. The third-order valence-electron chi connectivity index (χ3n) is 5.03. The van der Waals surface area contributed by atoms with Gasteiger partial charge >= 0.3 is 0 Å². The monoisotopic (exact) mass is 333 g/mol. The number of hydrogen-bond acceptors (Lipinski definition) is 5. The maximum atomic E-state index is 4.71. The lowest BCUT2D eigenvalue weighted by atomic mass is 9.93. The van der Waals surface area contributed by atoms with E-state index < -0.39 is 0 Å². The van der Waals surface area contributed by atoms with Crippen molar-refractivity contribution < 1.29 is 0 Å². The molecule has 1 fully saturated rings. The van der Waals surface area contributed by atoms with Gasteiger partial charge in [-0.15, -0.1) is 10.2 Å². The Bertz CT molecular complexity index is 977. The zero-order valence-corrected chi connectivity index (χ0v) is 13.8. The van der Waals surface area contributed by atoms with Gasteiger partial charge < -0.3 is 9.88 Å². The summed E-state index contributed by atoms with van der Waals surface area (Å²) in [6.45, 7) is 1.98. The molecule has 0 spiro atoms. The van der Waals surface area contributed by atoms with E-state index in [1.165, 1.54) is 0 Å². The summed E-state index contributed by atoms with van der Waals surface area (Å²) in [6.07, 6.45) is 8.68. The zero-order chi connectivity index (χ0) is 16.6. The Morgan fingerprint density at radius 2 is 2.04 bits per heavy atom. The quantitative estimate of drug-likeness (QED) is 0.623. The fourth-order valence-electron chi connectivity index (χ4n) is 3.69. The van der Waals surface area contributed by atoms with Gasteiger partial charge in [0.05, 0.1) is 11.0 Å². The molecule has 126 valence electrons. The standard InChI is InChI=1S/C18H19N7/c1-2-4-15-14(3-1)21-16(22-15)11-13-5-8-24(9-6-13)17-18-23-20-12-25(18)10-7-19-17/h1-4,7,10,12-13H,5-6,8-9,11H2,(H,21,22). The summed E-state index contributed by atoms with van der Waals surface area (Å²) in [5.74, 6) is 2.67. The van der Waals surface area contributed by atoms with Gasteiger partial charge in [0.2, 0.25) is 5.65 Å². The molecule has 4 heterocycles. The highest BCUT2D eigenvalue weighted by Gasteiger charge is 2.23. The van der Waals surface area contributed by atoms with Crippen molar-refractivity contribution >= 4 is 22.5 Å². The van der Waals surface area contributed by atoms with E-state index in [4.69, 9.17) is 4.98 Å². The Hall–Kier alpha value is -2.96. The van der Waals surface area contributed by atoms with E-state index in [0.717, 1.165) is 60.7 Å². The van der Waals surface area contributed by atoms with Crippen LogP contribution in [0.4, 0.5) is 5.82 Å². The van der Waals surface area contributed by atoms with Crippen molar-refractivity contribution in [3.05, 3.63) is 48.8 Å². The van der Waals surface area contributed by atoms with Crippen LogP contribution >= 0.6 is 0 Å². The van der Waals surface area contributed by atoms with E-state index in [2.05, 4.69) is 37.2 Å². The van der Waals surface area contributed by atoms with Gasteiger partial charge in [-0.25, -0.2) is 9.97 Å². The first-order valence-corrected chi connectivity index (χ1v) is 8.70. The second kappa shape index (κ2) is 5.84. The van der Waals surface area contributed by atoms with E-state index in [9.17, 15) is 0 Å². The number of imidazole rings is 1. The molecule has 0 bridgehead atoms. The van der Waals surface area contributed by atoms with E-state index in [-0.39, 0.29) is 0 Å². The first-order valence-electron chi connectivity index (χ1n) is 8.70. The maximum absolute atomic E-state index is 4.71. The number of nitrogens with one attached hydrogen (secondary N) is 1. The molecule has 1 aliphatic heterocycles. The maximum Gasteiger partial charge on any atom is 0.203 e. The minimum Gasteiger partial charge on any atom is -0.353 e. The molecule has 25 heavy (non-hydrogen) atoms. The molecule has 0 radical (unpaired) electrons. The van der Waals surface area contributed by atoms with Crippen LogP contribution in [0, 0.1) is 5.92 Å². The molecule has 1 N–H and O–H groups in total. The molecule has 0 atom stereocenters. The number of hydrogen-bond donors (Lipinski definition) is 1. The summed E-state index contributed by atoms with van der Waals surface area (Å²) in [6, 6.07) is 8.21. The van der Waals surface area contributed by atoms with E-state index in [1.54, 1.807) is 6.33 Å². The van der Waals surface area contributed by atoms with Gasteiger partial charge in [0, 0.05) is 31.9 Å². The third kappa shape index (κ3) is 2.61. The molecule has 7 nitrogen and oxygen atoms in total. The van der Waals surface area contributed by atoms with Crippen LogP contribution in [-0.2, 0) is 6.42 Å². The topological polar surface area (TPSA) is 75.0 Å². The third-order valence-corrected chi connectivity index (χ3v) is 5.03. The lowest BCUT2D eigenvalue weighted by Gasteiger charge is -2.32. The molecule has 0 unspecified atom stereocenters. The Balaban J connectivity index is 1.29. The van der Waals surface area contributed by atoms with Gasteiger partial charge in [0.25, 0.3) is 0 Å². The van der Waals surface area contributed by atoms with Crippen LogP contribution in [0.1, 0.15) is 18.7 Å². The molecule has 5 rings (SSSR count). The molecular formula is C18H19N7. The van der Waals surface area contributed by atoms with E-state index in [0.29, 0.717) is 5.92 Å². The summed E-state index contributed by atoms with van der Waals surface area (Å²) in [7, 11) is 0. The van der Waals surface area contributed by atoms with Crippen molar-refractivity contribution in [1.82, 2.24) is 29.5 Å². The molecule has 1 aliphatic rings. The van der Waals surface area contributed by atoms with E-state index >= 15 is 0 Å². The van der Waals surface area contributed by atoms with Crippen molar-refractivity contribution in [2.24, 2.45) is 5.92 Å². The summed E-state index contributed by atoms with van der Waals surface area (Å²) in [5.41, 5.74) is 3.01. The Morgan fingerprint density at radius 3 is 2.92 bits per heavy atom. The van der Waals surface area contributed by atoms with Crippen LogP contribution in [0.2, 0.25) is 0 Å². The molecule has 1 aromatic carbocycles. The second-order valence-electron chi connectivity index (χ2n) is 6.65. The fraction of sp³-hybridized carbons (Fsp3) is 0.333. The summed E-state index contributed by atoms with van der Waals surface area (Å²) >= 11 is 0. The van der Waals surface area contributed by atoms with Gasteiger partial charge in [0.15, 0.2) is 5.82 Å². The minimum absolute atomic E-state index is 0.648. The lowest BCUT2D eigenvalue weighted by Crippen LogP contribution is -2.35.